The first-order chi connectivity index (χ1) is 43.5. The van der Waals surface area contributed by atoms with E-state index in [4.69, 9.17) is 33.2 Å². The van der Waals surface area contributed by atoms with E-state index in [-0.39, 0.29) is 125 Å². The van der Waals surface area contributed by atoms with Crippen LogP contribution in [0.15, 0.2) is 0 Å². The highest BCUT2D eigenvalue weighted by Gasteiger charge is 2.22. The topological polar surface area (TPSA) is 214 Å². The molecule has 0 spiro atoms. The van der Waals surface area contributed by atoms with Crippen molar-refractivity contribution in [3.63, 3.8) is 0 Å². The second-order valence-corrected chi connectivity index (χ2v) is 28.4. The van der Waals surface area contributed by atoms with Crippen molar-refractivity contribution in [3.05, 3.63) is 0 Å². The maximum Gasteiger partial charge on any atom is 0.309 e. The fourth-order valence-electron chi connectivity index (χ4n) is 9.38. The van der Waals surface area contributed by atoms with Gasteiger partial charge >= 0.3 is 41.8 Å². The second kappa shape index (κ2) is 58.8. The molecule has 4 atom stereocenters. The van der Waals surface area contributed by atoms with Crippen LogP contribution in [0, 0.1) is 23.7 Å². The van der Waals surface area contributed by atoms with E-state index < -0.39 is 17.9 Å². The lowest BCUT2D eigenvalue weighted by molar-refractivity contribution is -0.154. The summed E-state index contributed by atoms with van der Waals surface area (Å²) in [6.45, 7) is 24.3. The molecule has 0 amide bonds. The number of hydrogen-bond donors (Lipinski definition) is 0. The molecule has 0 aliphatic carbocycles. The Balaban J connectivity index is 2.76. The molecule has 0 saturated carbocycles. The molecular weight excluding hydrogens is 1230 g/mol. The molecule has 1 aliphatic heterocycles. The van der Waals surface area contributed by atoms with E-state index >= 15 is 0 Å². The van der Waals surface area contributed by atoms with Crippen LogP contribution < -0.4 is 0 Å². The van der Waals surface area contributed by atoms with Gasteiger partial charge in [0.1, 0.15) is 45.4 Å². The fraction of sp³-hybridized carbons (Fsp3) is 0.881. The molecule has 0 aromatic heterocycles. The lowest BCUT2D eigenvalue weighted by atomic mass is 10.0. The zero-order chi connectivity index (χ0) is 66.2. The summed E-state index contributed by atoms with van der Waals surface area (Å²) in [6.07, 6.45) is 16.9. The normalized spacial score (nSPS) is 14.2. The highest BCUT2D eigenvalue weighted by Crippen LogP contribution is 2.18. The number of hydrogen-bond acceptors (Lipinski definition) is 23. The van der Waals surface area contributed by atoms with Gasteiger partial charge in [-0.1, -0.05) is 107 Å². The quantitative estimate of drug-likeness (QED) is 0.0314. The van der Waals surface area contributed by atoms with Crippen LogP contribution in [0.1, 0.15) is 184 Å². The summed E-state index contributed by atoms with van der Waals surface area (Å²) in [4.78, 5) is 111. The Morgan fingerprint density at radius 2 is 0.611 bits per heavy atom. The molecule has 1 fully saturated rings. The molecule has 1 aliphatic rings. The van der Waals surface area contributed by atoms with Crippen LogP contribution >= 0.6 is 47.0 Å². The number of carbonyl (C=O) groups is 8. The summed E-state index contributed by atoms with van der Waals surface area (Å²) in [7, 11) is 0. The summed E-state index contributed by atoms with van der Waals surface area (Å²) < 4.78 is 38.0. The van der Waals surface area contributed by atoms with Gasteiger partial charge in [0, 0.05) is 87.7 Å². The predicted octanol–water partition coefficient (Wildman–Crippen LogP) is 10.9. The van der Waals surface area contributed by atoms with Crippen molar-refractivity contribution >= 4 is 94.6 Å². The van der Waals surface area contributed by atoms with Gasteiger partial charge in [-0.25, -0.2) is 0 Å². The van der Waals surface area contributed by atoms with Crippen molar-refractivity contribution in [3.8, 4) is 0 Å². The average Bonchev–Trinajstić information content (AvgIpc) is 3.47. The van der Waals surface area contributed by atoms with E-state index in [1.54, 1.807) is 35.3 Å². The highest BCUT2D eigenvalue weighted by atomic mass is 32.2. The minimum Gasteiger partial charge on any atom is -0.466 e. The van der Waals surface area contributed by atoms with Crippen LogP contribution in [0.3, 0.4) is 0 Å². The predicted molar refractivity (Wildman–Crippen MR) is 368 cm³/mol. The Bertz CT molecular complexity index is 1650. The average molecular weight is 1350 g/mol. The lowest BCUT2D eigenvalue weighted by Crippen LogP contribution is -2.47. The maximum atomic E-state index is 12.9. The van der Waals surface area contributed by atoms with Crippen molar-refractivity contribution in [2.45, 2.75) is 184 Å². The van der Waals surface area contributed by atoms with Crippen LogP contribution in [0.25, 0.3) is 0 Å². The number of piperazine rings is 1. The number of esters is 7. The number of ether oxygens (including phenoxy) is 7. The Morgan fingerprint density at radius 1 is 0.333 bits per heavy atom. The minimum absolute atomic E-state index is 0.00145. The Morgan fingerprint density at radius 3 is 0.911 bits per heavy atom. The first-order valence-corrected chi connectivity index (χ1v) is 39.0. The zero-order valence-corrected chi connectivity index (χ0v) is 60.4. The SMILES string of the molecule is CCCCCSCC(C)C(=O)CCCOC(=O)CCN(CCCN1CCN(CCCN(CCC(=O)OCCOC(=O)C(C)CSCCCCC)CCC(=O)OCCOC(=O)C(C)CSCCCCC)CC1)CCC(=O)OCCOC(=O)C(C)CSCCCCC. The molecular formula is C67H122N4O15S4. The number of carbonyl (C=O) groups excluding carboxylic acids is 8. The molecule has 0 aromatic rings. The van der Waals surface area contributed by atoms with E-state index in [1.165, 1.54) is 38.5 Å². The third-order valence-corrected chi connectivity index (χ3v) is 20.5. The molecule has 0 N–H and O–H groups in total. The van der Waals surface area contributed by atoms with Gasteiger partial charge in [0.15, 0.2) is 0 Å². The summed E-state index contributed by atoms with van der Waals surface area (Å²) in [5, 5.41) is 0. The largest absolute Gasteiger partial charge is 0.466 e. The van der Waals surface area contributed by atoms with Crippen LogP contribution in [0.4, 0.5) is 0 Å². The molecule has 0 bridgehead atoms. The van der Waals surface area contributed by atoms with Crippen LogP contribution in [0.2, 0.25) is 0 Å². The molecule has 0 radical (unpaired) electrons. The van der Waals surface area contributed by atoms with Crippen molar-refractivity contribution in [1.82, 2.24) is 19.6 Å². The highest BCUT2D eigenvalue weighted by molar-refractivity contribution is 7.99. The van der Waals surface area contributed by atoms with E-state index in [1.807, 2.05) is 39.5 Å². The van der Waals surface area contributed by atoms with Gasteiger partial charge in [-0.15, -0.1) is 0 Å². The first kappa shape index (κ1) is 85.2. The molecule has 90 heavy (non-hydrogen) atoms. The first-order valence-electron chi connectivity index (χ1n) is 34.4. The van der Waals surface area contributed by atoms with Crippen molar-refractivity contribution in [2.75, 3.05) is 171 Å². The summed E-state index contributed by atoms with van der Waals surface area (Å²) in [6, 6.07) is 0. The maximum absolute atomic E-state index is 12.9. The van der Waals surface area contributed by atoms with Crippen LogP contribution in [0.5, 0.6) is 0 Å². The second-order valence-electron chi connectivity index (χ2n) is 23.8. The minimum atomic E-state index is -0.416. The number of thioether (sulfide) groups is 4. The standard InChI is InChI=1S/C67H122N4O15S4/c1-9-13-17-48-87-52-56(5)60(72)24-21-41-80-61(73)25-33-68(34-26-62(74)81-42-45-84-65(77)57(6)53-88-49-18-14-10-2)29-22-31-70-37-39-71(40-38-70)32-23-30-69(35-27-63(75)82-43-46-85-66(78)58(7)54-89-50-19-15-11-3)36-28-64(76)83-44-47-86-67(79)59(8)55-90-51-20-16-12-4/h56-59H,9-55H2,1-8H3. The summed E-state index contributed by atoms with van der Waals surface area (Å²) in [5.41, 5.74) is 0. The molecule has 4 unspecified atom stereocenters. The van der Waals surface area contributed by atoms with E-state index in [0.717, 1.165) is 119 Å². The smallest absolute Gasteiger partial charge is 0.309 e. The van der Waals surface area contributed by atoms with E-state index in [0.29, 0.717) is 69.4 Å². The van der Waals surface area contributed by atoms with Gasteiger partial charge in [0.2, 0.25) is 0 Å². The molecule has 0 aromatic carbocycles. The fourth-order valence-corrected chi connectivity index (χ4v) is 13.7. The van der Waals surface area contributed by atoms with Gasteiger partial charge in [-0.05, 0) is 94.1 Å². The number of nitrogens with zero attached hydrogens (tertiary/aromatic N) is 4. The zero-order valence-electron chi connectivity index (χ0n) is 57.1. The third-order valence-electron chi connectivity index (χ3n) is 15.3. The van der Waals surface area contributed by atoms with Gasteiger partial charge in [-0.2, -0.15) is 47.0 Å². The van der Waals surface area contributed by atoms with Gasteiger partial charge in [0.05, 0.1) is 50.0 Å². The Hall–Kier alpha value is -2.80. The number of unbranched alkanes of at least 4 members (excludes halogenated alkanes) is 8. The van der Waals surface area contributed by atoms with Gasteiger partial charge in [-0.3, -0.25) is 38.4 Å². The number of Topliss-reactive ketones (excluding diaryl/α,β-unsaturated/α-hetero) is 1. The summed E-state index contributed by atoms with van der Waals surface area (Å²) >= 11 is 7.08. The number of rotatable bonds is 61. The van der Waals surface area contributed by atoms with E-state index in [9.17, 15) is 38.4 Å². The van der Waals surface area contributed by atoms with Crippen LogP contribution in [-0.4, -0.2) is 238 Å². The van der Waals surface area contributed by atoms with Gasteiger partial charge < -0.3 is 52.8 Å². The molecule has 1 heterocycles. The lowest BCUT2D eigenvalue weighted by Gasteiger charge is -2.35. The monoisotopic (exact) mass is 1350 g/mol. The van der Waals surface area contributed by atoms with Crippen molar-refractivity contribution in [2.24, 2.45) is 23.7 Å². The van der Waals surface area contributed by atoms with Crippen molar-refractivity contribution < 1.29 is 71.5 Å². The Labute approximate surface area is 560 Å². The van der Waals surface area contributed by atoms with E-state index in [2.05, 4.69) is 47.3 Å². The molecule has 19 nitrogen and oxygen atoms in total. The van der Waals surface area contributed by atoms with Crippen LogP contribution in [-0.2, 0) is 71.5 Å². The third kappa shape index (κ3) is 48.8. The summed E-state index contributed by atoms with van der Waals surface area (Å²) in [5.74, 6) is 3.97. The molecule has 1 rings (SSSR count). The molecule has 1 saturated heterocycles. The Kier molecular flexibility index (Phi) is 55.6. The molecule has 524 valence electrons. The number of ketones is 1. The van der Waals surface area contributed by atoms with Crippen molar-refractivity contribution in [1.29, 1.82) is 0 Å². The van der Waals surface area contributed by atoms with Gasteiger partial charge in [0.25, 0.3) is 0 Å². The molecule has 23 heteroatoms.